The van der Waals surface area contributed by atoms with E-state index in [-0.39, 0.29) is 11.3 Å². The Bertz CT molecular complexity index is 1270. The minimum atomic E-state index is -0.964. The topological polar surface area (TPSA) is 76.1 Å². The van der Waals surface area contributed by atoms with Crippen LogP contribution in [0.1, 0.15) is 22.7 Å². The normalized spacial score (nSPS) is 17.3. The number of Topliss-reactive ketones (excluding diaryl/α,β-unsaturated/α-hetero) is 1. The van der Waals surface area contributed by atoms with Crippen molar-refractivity contribution in [2.24, 2.45) is 0 Å². The quantitative estimate of drug-likeness (QED) is 0.316. The summed E-state index contributed by atoms with van der Waals surface area (Å²) in [6.45, 7) is 1.85. The molecule has 1 aliphatic heterocycles. The van der Waals surface area contributed by atoms with Gasteiger partial charge in [0.25, 0.3) is 11.7 Å². The average Bonchev–Trinajstić information content (AvgIpc) is 3.10. The van der Waals surface area contributed by atoms with Crippen molar-refractivity contribution >= 4 is 34.7 Å². The number of methoxy groups -OCH3 is 2. The van der Waals surface area contributed by atoms with Gasteiger partial charge in [-0.25, -0.2) is 0 Å². The van der Waals surface area contributed by atoms with Gasteiger partial charge in [-0.15, -0.1) is 0 Å². The lowest BCUT2D eigenvalue weighted by atomic mass is 9.94. The smallest absolute Gasteiger partial charge is 0.300 e. The molecule has 0 aromatic heterocycles. The van der Waals surface area contributed by atoms with Crippen molar-refractivity contribution in [1.82, 2.24) is 0 Å². The predicted molar refractivity (Wildman–Crippen MR) is 127 cm³/mol. The Kier molecular flexibility index (Phi) is 6.11. The number of carbonyl (C=O) groups excluding carboxylic acids is 2. The molecule has 1 amide bonds. The maximum Gasteiger partial charge on any atom is 0.300 e. The van der Waals surface area contributed by atoms with Crippen LogP contribution in [-0.2, 0) is 9.59 Å². The summed E-state index contributed by atoms with van der Waals surface area (Å²) in [6.07, 6.45) is 0. The fourth-order valence-corrected chi connectivity index (χ4v) is 4.10. The fraction of sp³-hybridized carbons (Fsp3) is 0.154. The van der Waals surface area contributed by atoms with Crippen molar-refractivity contribution < 1.29 is 24.2 Å². The summed E-state index contributed by atoms with van der Waals surface area (Å²) < 4.78 is 10.9. The van der Waals surface area contributed by atoms with E-state index in [1.54, 1.807) is 66.7 Å². The molecule has 1 unspecified atom stereocenters. The lowest BCUT2D eigenvalue weighted by Crippen LogP contribution is -2.29. The van der Waals surface area contributed by atoms with Crippen LogP contribution in [0.5, 0.6) is 11.5 Å². The third-order valence-corrected chi connectivity index (χ3v) is 6.06. The number of nitrogens with zero attached hydrogens (tertiary/aromatic N) is 1. The van der Waals surface area contributed by atoms with Gasteiger partial charge in [0.1, 0.15) is 17.3 Å². The lowest BCUT2D eigenvalue weighted by Gasteiger charge is -2.27. The average molecular weight is 464 g/mol. The summed E-state index contributed by atoms with van der Waals surface area (Å²) >= 11 is 6.34. The summed E-state index contributed by atoms with van der Waals surface area (Å²) in [4.78, 5) is 27.9. The molecule has 1 fully saturated rings. The highest BCUT2D eigenvalue weighted by molar-refractivity contribution is 6.52. The van der Waals surface area contributed by atoms with Crippen LogP contribution in [0.3, 0.4) is 0 Å². The molecule has 0 saturated carbocycles. The molecule has 33 heavy (non-hydrogen) atoms. The van der Waals surface area contributed by atoms with Crippen LogP contribution in [0.15, 0.2) is 72.3 Å². The Morgan fingerprint density at radius 2 is 1.70 bits per heavy atom. The molecule has 1 aliphatic rings. The molecule has 1 N–H and O–H groups in total. The second-order valence-corrected chi connectivity index (χ2v) is 7.98. The first-order chi connectivity index (χ1) is 15.9. The van der Waals surface area contributed by atoms with Gasteiger partial charge in [0.05, 0.1) is 25.8 Å². The molecule has 0 bridgehead atoms. The molecule has 1 heterocycles. The summed E-state index contributed by atoms with van der Waals surface area (Å²) in [6, 6.07) is 17.9. The number of aliphatic hydroxyl groups excluding tert-OH is 1. The van der Waals surface area contributed by atoms with E-state index < -0.39 is 17.7 Å². The number of carbonyl (C=O) groups is 2. The molecule has 4 rings (SSSR count). The number of rotatable bonds is 5. The molecule has 0 aliphatic carbocycles. The second kappa shape index (κ2) is 9.00. The van der Waals surface area contributed by atoms with Crippen LogP contribution in [0.2, 0.25) is 5.02 Å². The minimum absolute atomic E-state index is 0.0468. The van der Waals surface area contributed by atoms with Crippen LogP contribution in [0.4, 0.5) is 5.69 Å². The van der Waals surface area contributed by atoms with Gasteiger partial charge in [0, 0.05) is 21.8 Å². The molecular weight excluding hydrogens is 442 g/mol. The Morgan fingerprint density at radius 3 is 2.33 bits per heavy atom. The summed E-state index contributed by atoms with van der Waals surface area (Å²) in [5.74, 6) is -0.905. The van der Waals surface area contributed by atoms with Crippen molar-refractivity contribution in [3.8, 4) is 11.5 Å². The number of hydrogen-bond donors (Lipinski definition) is 1. The zero-order valence-electron chi connectivity index (χ0n) is 18.3. The maximum atomic E-state index is 13.3. The van der Waals surface area contributed by atoms with Crippen molar-refractivity contribution in [1.29, 1.82) is 0 Å². The number of amides is 1. The van der Waals surface area contributed by atoms with E-state index in [2.05, 4.69) is 0 Å². The number of halogens is 1. The molecule has 168 valence electrons. The van der Waals surface area contributed by atoms with Crippen LogP contribution in [0.25, 0.3) is 5.76 Å². The van der Waals surface area contributed by atoms with Crippen molar-refractivity contribution in [2.75, 3.05) is 19.1 Å². The monoisotopic (exact) mass is 463 g/mol. The third-order valence-electron chi connectivity index (χ3n) is 5.66. The van der Waals surface area contributed by atoms with E-state index in [0.717, 1.165) is 5.56 Å². The zero-order valence-corrected chi connectivity index (χ0v) is 19.1. The van der Waals surface area contributed by atoms with Crippen LogP contribution >= 0.6 is 11.6 Å². The standard InChI is InChI=1S/C26H22ClNO5/c1-15-9-10-17(13-20(15)27)28-23(19-14-18(32-2)11-12-21(19)33-3)22(25(30)26(28)31)24(29)16-7-5-4-6-8-16/h4-14,23,29H,1-3H3/b24-22-. The number of aliphatic hydroxyl groups is 1. The molecule has 0 radical (unpaired) electrons. The molecular formula is C26H22ClNO5. The van der Waals surface area contributed by atoms with Gasteiger partial charge in [0.15, 0.2) is 0 Å². The number of benzene rings is 3. The van der Waals surface area contributed by atoms with Gasteiger partial charge in [0.2, 0.25) is 0 Å². The molecule has 1 atom stereocenters. The van der Waals surface area contributed by atoms with E-state index in [0.29, 0.717) is 33.3 Å². The van der Waals surface area contributed by atoms with Gasteiger partial charge in [-0.05, 0) is 42.8 Å². The van der Waals surface area contributed by atoms with E-state index in [4.69, 9.17) is 21.1 Å². The fourth-order valence-electron chi connectivity index (χ4n) is 3.93. The van der Waals surface area contributed by atoms with Crippen molar-refractivity contribution in [3.05, 3.63) is 94.0 Å². The SMILES string of the molecule is COc1ccc(OC)c(C2/C(=C(/O)c3ccccc3)C(=O)C(=O)N2c2ccc(C)c(Cl)c2)c1. The number of anilines is 1. The Hall–Kier alpha value is -3.77. The number of hydrogen-bond acceptors (Lipinski definition) is 5. The Morgan fingerprint density at radius 1 is 0.970 bits per heavy atom. The van der Waals surface area contributed by atoms with Gasteiger partial charge in [-0.1, -0.05) is 48.0 Å². The summed E-state index contributed by atoms with van der Waals surface area (Å²) in [5, 5.41) is 11.6. The first kappa shape index (κ1) is 22.4. The molecule has 1 saturated heterocycles. The second-order valence-electron chi connectivity index (χ2n) is 7.58. The van der Waals surface area contributed by atoms with Crippen molar-refractivity contribution in [2.45, 2.75) is 13.0 Å². The zero-order chi connectivity index (χ0) is 23.7. The highest BCUT2D eigenvalue weighted by Crippen LogP contribution is 2.46. The van der Waals surface area contributed by atoms with Gasteiger partial charge >= 0.3 is 0 Å². The molecule has 3 aromatic carbocycles. The Balaban J connectivity index is 2.02. The third kappa shape index (κ3) is 3.94. The van der Waals surface area contributed by atoms with E-state index in [9.17, 15) is 14.7 Å². The van der Waals surface area contributed by atoms with Gasteiger partial charge in [-0.2, -0.15) is 0 Å². The van der Waals surface area contributed by atoms with Crippen LogP contribution in [-0.4, -0.2) is 31.0 Å². The molecule has 3 aromatic rings. The van der Waals surface area contributed by atoms with E-state index in [1.807, 2.05) is 6.92 Å². The van der Waals surface area contributed by atoms with Crippen LogP contribution < -0.4 is 14.4 Å². The number of ether oxygens (including phenoxy) is 2. The minimum Gasteiger partial charge on any atom is -0.507 e. The molecule has 6 nitrogen and oxygen atoms in total. The number of aryl methyl sites for hydroxylation is 1. The Labute approximate surface area is 196 Å². The number of ketones is 1. The first-order valence-electron chi connectivity index (χ1n) is 10.2. The van der Waals surface area contributed by atoms with Gasteiger partial charge < -0.3 is 14.6 Å². The molecule has 0 spiro atoms. The summed E-state index contributed by atoms with van der Waals surface area (Å²) in [7, 11) is 3.02. The highest BCUT2D eigenvalue weighted by Gasteiger charge is 2.48. The molecule has 7 heteroatoms. The predicted octanol–water partition coefficient (Wildman–Crippen LogP) is 5.29. The van der Waals surface area contributed by atoms with E-state index in [1.165, 1.54) is 19.1 Å². The van der Waals surface area contributed by atoms with Crippen LogP contribution in [0, 0.1) is 6.92 Å². The largest absolute Gasteiger partial charge is 0.507 e. The van der Waals surface area contributed by atoms with Gasteiger partial charge in [-0.3, -0.25) is 14.5 Å². The highest BCUT2D eigenvalue weighted by atomic mass is 35.5. The maximum absolute atomic E-state index is 13.3. The summed E-state index contributed by atoms with van der Waals surface area (Å²) in [5.41, 5.74) is 2.12. The van der Waals surface area contributed by atoms with E-state index >= 15 is 0 Å². The lowest BCUT2D eigenvalue weighted by molar-refractivity contribution is -0.132. The van der Waals surface area contributed by atoms with Crippen molar-refractivity contribution in [3.63, 3.8) is 0 Å². The first-order valence-corrected chi connectivity index (χ1v) is 10.6.